The molecule has 1 amide bonds. The molecule has 0 aliphatic heterocycles. The number of aryl methyl sites for hydroxylation is 1. The summed E-state index contributed by atoms with van der Waals surface area (Å²) in [4.78, 5) is 26.0. The molecule has 2 aromatic carbocycles. The Kier molecular flexibility index (Phi) is 5.10. The monoisotopic (exact) mass is 422 g/mol. The van der Waals surface area contributed by atoms with Crippen LogP contribution >= 0.6 is 0 Å². The van der Waals surface area contributed by atoms with Crippen molar-refractivity contribution < 1.29 is 22.8 Å². The van der Waals surface area contributed by atoms with Crippen LogP contribution in [0, 0.1) is 6.92 Å². The van der Waals surface area contributed by atoms with E-state index >= 15 is 0 Å². The first-order valence-electron chi connectivity index (χ1n) is 9.45. The predicted molar refractivity (Wildman–Crippen MR) is 111 cm³/mol. The fraction of sp³-hybridized carbons (Fsp3) is 0.0833. The number of alkyl halides is 3. The van der Waals surface area contributed by atoms with Crippen LogP contribution in [0.5, 0.6) is 0 Å². The van der Waals surface area contributed by atoms with E-state index in [-0.39, 0.29) is 17.2 Å². The fourth-order valence-corrected chi connectivity index (χ4v) is 3.43. The molecule has 31 heavy (non-hydrogen) atoms. The smallest absolute Gasteiger partial charge is 0.320 e. The molecule has 0 radical (unpaired) electrons. The van der Waals surface area contributed by atoms with Crippen molar-refractivity contribution in [2.45, 2.75) is 13.1 Å². The standard InChI is InChI=1S/C24H17F3N2O2/c1-15-11-12-29-20(13-15)17(22(30)16-7-3-2-4-8-16)14-21(29)23(31)28-19-10-6-5-9-18(19)24(25,26)27/h2-14H,1H3,(H,28,31). The number of carbonyl (C=O) groups is 2. The number of aromatic nitrogens is 1. The molecule has 156 valence electrons. The maximum absolute atomic E-state index is 13.3. The van der Waals surface area contributed by atoms with E-state index in [1.807, 2.05) is 6.92 Å². The van der Waals surface area contributed by atoms with Crippen molar-refractivity contribution in [1.29, 1.82) is 0 Å². The van der Waals surface area contributed by atoms with Crippen LogP contribution in [0.4, 0.5) is 18.9 Å². The maximum atomic E-state index is 13.3. The highest BCUT2D eigenvalue weighted by Crippen LogP contribution is 2.35. The molecule has 7 heteroatoms. The molecule has 4 rings (SSSR count). The molecule has 0 spiro atoms. The van der Waals surface area contributed by atoms with Gasteiger partial charge < -0.3 is 9.72 Å². The van der Waals surface area contributed by atoms with E-state index in [4.69, 9.17) is 0 Å². The molecule has 0 saturated heterocycles. The molecule has 0 unspecified atom stereocenters. The van der Waals surface area contributed by atoms with Gasteiger partial charge in [0.2, 0.25) is 0 Å². The third kappa shape index (κ3) is 3.94. The van der Waals surface area contributed by atoms with E-state index in [1.54, 1.807) is 48.7 Å². The normalized spacial score (nSPS) is 11.5. The van der Waals surface area contributed by atoms with Crippen molar-refractivity contribution in [2.75, 3.05) is 5.32 Å². The molecule has 2 aromatic heterocycles. The Morgan fingerprint density at radius 3 is 2.29 bits per heavy atom. The first-order chi connectivity index (χ1) is 14.8. The number of carbonyl (C=O) groups excluding carboxylic acids is 2. The number of para-hydroxylation sites is 1. The first kappa shape index (κ1) is 20.4. The summed E-state index contributed by atoms with van der Waals surface area (Å²) < 4.78 is 41.4. The molecule has 0 aliphatic carbocycles. The maximum Gasteiger partial charge on any atom is 0.418 e. The summed E-state index contributed by atoms with van der Waals surface area (Å²) in [5, 5.41) is 2.34. The van der Waals surface area contributed by atoms with Gasteiger partial charge in [-0.05, 0) is 42.8 Å². The molecule has 2 heterocycles. The van der Waals surface area contributed by atoms with E-state index in [0.717, 1.165) is 11.6 Å². The SMILES string of the molecule is Cc1ccn2c(C(=O)Nc3ccccc3C(F)(F)F)cc(C(=O)c3ccccc3)c2c1. The number of ketones is 1. The lowest BCUT2D eigenvalue weighted by molar-refractivity contribution is -0.136. The fourth-order valence-electron chi connectivity index (χ4n) is 3.43. The van der Waals surface area contributed by atoms with Crippen molar-refractivity contribution in [3.8, 4) is 0 Å². The highest BCUT2D eigenvalue weighted by Gasteiger charge is 2.34. The van der Waals surface area contributed by atoms with Crippen molar-refractivity contribution in [2.24, 2.45) is 0 Å². The average Bonchev–Trinajstić information content (AvgIpc) is 3.12. The topological polar surface area (TPSA) is 50.6 Å². The summed E-state index contributed by atoms with van der Waals surface area (Å²) in [6.07, 6.45) is -2.99. The summed E-state index contributed by atoms with van der Waals surface area (Å²) in [6, 6.07) is 18.3. The minimum atomic E-state index is -4.61. The van der Waals surface area contributed by atoms with Crippen molar-refractivity contribution in [3.05, 3.63) is 107 Å². The third-order valence-electron chi connectivity index (χ3n) is 4.92. The second-order valence-electron chi connectivity index (χ2n) is 7.10. The summed E-state index contributed by atoms with van der Waals surface area (Å²) >= 11 is 0. The number of fused-ring (bicyclic) bond motifs is 1. The third-order valence-corrected chi connectivity index (χ3v) is 4.92. The molecular formula is C24H17F3N2O2. The Hall–Kier alpha value is -3.87. The highest BCUT2D eigenvalue weighted by atomic mass is 19.4. The van der Waals surface area contributed by atoms with E-state index in [0.29, 0.717) is 16.6 Å². The van der Waals surface area contributed by atoms with Crippen LogP contribution in [-0.2, 0) is 6.18 Å². The zero-order valence-corrected chi connectivity index (χ0v) is 16.4. The average molecular weight is 422 g/mol. The van der Waals surface area contributed by atoms with E-state index in [2.05, 4.69) is 5.32 Å². The lowest BCUT2D eigenvalue weighted by Crippen LogP contribution is -2.18. The summed E-state index contributed by atoms with van der Waals surface area (Å²) in [5.41, 5.74) is 0.894. The molecule has 0 aliphatic rings. The predicted octanol–water partition coefficient (Wildman–Crippen LogP) is 5.75. The van der Waals surface area contributed by atoms with Crippen LogP contribution in [0.15, 0.2) is 79.0 Å². The van der Waals surface area contributed by atoms with E-state index in [1.165, 1.54) is 28.7 Å². The molecule has 0 saturated carbocycles. The molecule has 4 aromatic rings. The van der Waals surface area contributed by atoms with Crippen LogP contribution in [0.3, 0.4) is 0 Å². The van der Waals surface area contributed by atoms with E-state index in [9.17, 15) is 22.8 Å². The number of hydrogen-bond acceptors (Lipinski definition) is 2. The number of amides is 1. The number of hydrogen-bond donors (Lipinski definition) is 1. The van der Waals surface area contributed by atoms with Crippen LogP contribution < -0.4 is 5.32 Å². The molecule has 0 bridgehead atoms. The zero-order valence-electron chi connectivity index (χ0n) is 16.4. The van der Waals surface area contributed by atoms with Crippen LogP contribution in [-0.4, -0.2) is 16.1 Å². The second-order valence-corrected chi connectivity index (χ2v) is 7.10. The van der Waals surface area contributed by atoms with Gasteiger partial charge in [-0.25, -0.2) is 0 Å². The molecule has 4 nitrogen and oxygen atoms in total. The van der Waals surface area contributed by atoms with Crippen LogP contribution in [0.25, 0.3) is 5.52 Å². The lowest BCUT2D eigenvalue weighted by Gasteiger charge is -2.13. The number of benzene rings is 2. The molecule has 0 atom stereocenters. The number of nitrogens with one attached hydrogen (secondary N) is 1. The summed E-state index contributed by atoms with van der Waals surface area (Å²) in [7, 11) is 0. The van der Waals surface area contributed by atoms with Gasteiger partial charge >= 0.3 is 6.18 Å². The number of nitrogens with zero attached hydrogens (tertiary/aromatic N) is 1. The largest absolute Gasteiger partial charge is 0.418 e. The summed E-state index contributed by atoms with van der Waals surface area (Å²) in [6.45, 7) is 1.85. The van der Waals surface area contributed by atoms with Crippen molar-refractivity contribution in [1.82, 2.24) is 4.40 Å². The zero-order chi connectivity index (χ0) is 22.2. The van der Waals surface area contributed by atoms with Crippen molar-refractivity contribution >= 4 is 22.9 Å². The second kappa shape index (κ2) is 7.75. The van der Waals surface area contributed by atoms with Gasteiger partial charge in [-0.15, -0.1) is 0 Å². The Morgan fingerprint density at radius 1 is 0.903 bits per heavy atom. The van der Waals surface area contributed by atoms with Gasteiger partial charge in [0.15, 0.2) is 5.78 Å². The Balaban J connectivity index is 1.79. The van der Waals surface area contributed by atoms with Gasteiger partial charge in [0.05, 0.1) is 16.8 Å². The molecule has 1 N–H and O–H groups in total. The quantitative estimate of drug-likeness (QED) is 0.426. The number of halogens is 3. The number of pyridine rings is 1. The molecular weight excluding hydrogens is 405 g/mol. The highest BCUT2D eigenvalue weighted by molar-refractivity contribution is 6.16. The Labute approximate surface area is 175 Å². The minimum Gasteiger partial charge on any atom is -0.320 e. The lowest BCUT2D eigenvalue weighted by atomic mass is 10.0. The van der Waals surface area contributed by atoms with Gasteiger partial charge in [0.1, 0.15) is 5.69 Å². The molecule has 0 fully saturated rings. The van der Waals surface area contributed by atoms with Gasteiger partial charge in [0.25, 0.3) is 5.91 Å². The minimum absolute atomic E-state index is 0.0614. The van der Waals surface area contributed by atoms with Crippen molar-refractivity contribution in [3.63, 3.8) is 0 Å². The van der Waals surface area contributed by atoms with Crippen LogP contribution in [0.1, 0.15) is 37.5 Å². The Bertz CT molecular complexity index is 1290. The van der Waals surface area contributed by atoms with Crippen LogP contribution in [0.2, 0.25) is 0 Å². The van der Waals surface area contributed by atoms with Gasteiger partial charge in [-0.2, -0.15) is 13.2 Å². The number of anilines is 1. The van der Waals surface area contributed by atoms with Gasteiger partial charge in [0, 0.05) is 17.3 Å². The number of rotatable bonds is 4. The van der Waals surface area contributed by atoms with Gasteiger partial charge in [-0.1, -0.05) is 42.5 Å². The Morgan fingerprint density at radius 2 is 1.58 bits per heavy atom. The van der Waals surface area contributed by atoms with E-state index < -0.39 is 17.6 Å². The summed E-state index contributed by atoms with van der Waals surface area (Å²) in [5.74, 6) is -1.03. The van der Waals surface area contributed by atoms with Gasteiger partial charge in [-0.3, -0.25) is 9.59 Å². The first-order valence-corrected chi connectivity index (χ1v) is 9.45.